The van der Waals surface area contributed by atoms with E-state index in [0.29, 0.717) is 30.2 Å². The topological polar surface area (TPSA) is 79.8 Å². The number of fused-ring (bicyclic) bond motifs is 2. The zero-order valence-corrected chi connectivity index (χ0v) is 20.2. The SMILES string of the molecule is Cc1nc(CN2[C@]3(CCN(C(=O)COc4ccccc4C)C3)c3ccccc3S2(=O)=O)cs1. The van der Waals surface area contributed by atoms with Crippen molar-refractivity contribution in [2.24, 2.45) is 0 Å². The molecule has 0 radical (unpaired) electrons. The Kier molecular flexibility index (Phi) is 5.50. The van der Waals surface area contributed by atoms with Gasteiger partial charge < -0.3 is 9.64 Å². The van der Waals surface area contributed by atoms with Crippen molar-refractivity contribution in [2.45, 2.75) is 37.2 Å². The molecule has 2 aliphatic heterocycles. The Hall–Kier alpha value is -2.75. The molecule has 2 aliphatic rings. The van der Waals surface area contributed by atoms with Gasteiger partial charge in [-0.25, -0.2) is 13.4 Å². The zero-order valence-electron chi connectivity index (χ0n) is 18.5. The number of hydrogen-bond donors (Lipinski definition) is 0. The number of ether oxygens (including phenoxy) is 1. The van der Waals surface area contributed by atoms with E-state index in [0.717, 1.165) is 21.8 Å². The fourth-order valence-corrected chi connectivity index (χ4v) is 7.44. The number of rotatable bonds is 5. The summed E-state index contributed by atoms with van der Waals surface area (Å²) in [6.45, 7) is 4.70. The number of aryl methyl sites for hydroxylation is 2. The van der Waals surface area contributed by atoms with Crippen molar-refractivity contribution in [2.75, 3.05) is 19.7 Å². The van der Waals surface area contributed by atoms with Gasteiger partial charge in [-0.15, -0.1) is 11.3 Å². The Balaban J connectivity index is 1.43. The number of likely N-dealkylation sites (tertiary alicyclic amines) is 1. The lowest BCUT2D eigenvalue weighted by molar-refractivity contribution is -0.132. The van der Waals surface area contributed by atoms with E-state index in [-0.39, 0.29) is 19.1 Å². The van der Waals surface area contributed by atoms with Crippen molar-refractivity contribution < 1.29 is 17.9 Å². The van der Waals surface area contributed by atoms with Crippen LogP contribution in [0.25, 0.3) is 0 Å². The van der Waals surface area contributed by atoms with Crippen LogP contribution < -0.4 is 4.74 Å². The molecule has 1 aromatic heterocycles. The average molecular weight is 484 g/mol. The number of thiazole rings is 1. The second-order valence-corrected chi connectivity index (χ2v) is 11.4. The van der Waals surface area contributed by atoms with E-state index in [1.807, 2.05) is 55.6 Å². The number of benzene rings is 2. The summed E-state index contributed by atoms with van der Waals surface area (Å²) in [6.07, 6.45) is 0.530. The molecule has 9 heteroatoms. The van der Waals surface area contributed by atoms with E-state index < -0.39 is 15.6 Å². The molecule has 0 N–H and O–H groups in total. The predicted molar refractivity (Wildman–Crippen MR) is 126 cm³/mol. The Bertz CT molecular complexity index is 1320. The molecule has 0 bridgehead atoms. The highest BCUT2D eigenvalue weighted by atomic mass is 32.2. The molecule has 7 nitrogen and oxygen atoms in total. The number of carbonyl (C=O) groups excluding carboxylic acids is 1. The van der Waals surface area contributed by atoms with Crippen LogP contribution in [0.15, 0.2) is 58.8 Å². The molecule has 1 atom stereocenters. The lowest BCUT2D eigenvalue weighted by atomic mass is 9.89. The minimum Gasteiger partial charge on any atom is -0.484 e. The van der Waals surface area contributed by atoms with Gasteiger partial charge in [0.25, 0.3) is 5.91 Å². The number of nitrogens with zero attached hydrogens (tertiary/aromatic N) is 3. The highest BCUT2D eigenvalue weighted by molar-refractivity contribution is 7.89. The number of sulfonamides is 1. The van der Waals surface area contributed by atoms with Gasteiger partial charge in [0, 0.05) is 18.5 Å². The van der Waals surface area contributed by atoms with Crippen LogP contribution in [0, 0.1) is 13.8 Å². The van der Waals surface area contributed by atoms with E-state index in [2.05, 4.69) is 4.98 Å². The third-order valence-corrected chi connectivity index (χ3v) is 9.24. The van der Waals surface area contributed by atoms with Crippen molar-refractivity contribution in [3.8, 4) is 5.75 Å². The fourth-order valence-electron chi connectivity index (χ4n) is 4.80. The Morgan fingerprint density at radius 3 is 2.67 bits per heavy atom. The minimum absolute atomic E-state index is 0.0827. The smallest absolute Gasteiger partial charge is 0.260 e. The number of amides is 1. The second-order valence-electron chi connectivity index (χ2n) is 8.52. The van der Waals surface area contributed by atoms with E-state index in [9.17, 15) is 13.2 Å². The van der Waals surface area contributed by atoms with Crippen LogP contribution in [-0.2, 0) is 26.9 Å². The third-order valence-electron chi connectivity index (χ3n) is 6.45. The van der Waals surface area contributed by atoms with Crippen molar-refractivity contribution in [3.63, 3.8) is 0 Å². The summed E-state index contributed by atoms with van der Waals surface area (Å²) in [4.78, 5) is 19.6. The van der Waals surface area contributed by atoms with E-state index in [4.69, 9.17) is 4.74 Å². The summed E-state index contributed by atoms with van der Waals surface area (Å²) >= 11 is 1.50. The van der Waals surface area contributed by atoms with E-state index in [1.165, 1.54) is 11.3 Å². The number of carbonyl (C=O) groups is 1. The Labute approximate surface area is 197 Å². The Morgan fingerprint density at radius 2 is 1.91 bits per heavy atom. The Morgan fingerprint density at radius 1 is 1.15 bits per heavy atom. The van der Waals surface area contributed by atoms with Crippen LogP contribution in [0.5, 0.6) is 5.75 Å². The minimum atomic E-state index is -3.71. The lowest BCUT2D eigenvalue weighted by Gasteiger charge is -2.33. The predicted octanol–water partition coefficient (Wildman–Crippen LogP) is 3.47. The van der Waals surface area contributed by atoms with Crippen LogP contribution in [0.2, 0.25) is 0 Å². The molecule has 172 valence electrons. The van der Waals surface area contributed by atoms with Crippen molar-refractivity contribution >= 4 is 27.3 Å². The van der Waals surface area contributed by atoms with Crippen molar-refractivity contribution in [1.29, 1.82) is 0 Å². The first-order valence-corrected chi connectivity index (χ1v) is 13.1. The van der Waals surface area contributed by atoms with Gasteiger partial charge in [-0.05, 0) is 43.5 Å². The maximum atomic E-state index is 13.6. The highest BCUT2D eigenvalue weighted by Crippen LogP contribution is 2.50. The van der Waals surface area contributed by atoms with Crippen LogP contribution in [0.1, 0.15) is 28.2 Å². The first-order valence-electron chi connectivity index (χ1n) is 10.8. The van der Waals surface area contributed by atoms with E-state index >= 15 is 0 Å². The summed E-state index contributed by atoms with van der Waals surface area (Å²) in [6, 6.07) is 14.7. The maximum Gasteiger partial charge on any atom is 0.260 e. The summed E-state index contributed by atoms with van der Waals surface area (Å²) < 4.78 is 34.4. The molecule has 33 heavy (non-hydrogen) atoms. The molecule has 2 aromatic carbocycles. The molecule has 0 unspecified atom stereocenters. The summed E-state index contributed by atoms with van der Waals surface area (Å²) in [5.74, 6) is 0.524. The molecule has 0 saturated carbocycles. The van der Waals surface area contributed by atoms with Gasteiger partial charge in [0.1, 0.15) is 5.75 Å². The first-order chi connectivity index (χ1) is 15.8. The van der Waals surface area contributed by atoms with Gasteiger partial charge in [-0.3, -0.25) is 4.79 Å². The quantitative estimate of drug-likeness (QED) is 0.555. The number of hydrogen-bond acceptors (Lipinski definition) is 6. The first kappa shape index (κ1) is 22.1. The molecular weight excluding hydrogens is 458 g/mol. The van der Waals surface area contributed by atoms with E-state index in [1.54, 1.807) is 21.3 Å². The molecular formula is C24H25N3O4S2. The highest BCUT2D eigenvalue weighted by Gasteiger charge is 2.57. The summed E-state index contributed by atoms with van der Waals surface area (Å²) in [7, 11) is -3.71. The molecule has 3 heterocycles. The van der Waals surface area contributed by atoms with Crippen molar-refractivity contribution in [1.82, 2.24) is 14.2 Å². The van der Waals surface area contributed by atoms with Crippen LogP contribution in [-0.4, -0.2) is 48.2 Å². The van der Waals surface area contributed by atoms with Gasteiger partial charge in [0.05, 0.1) is 27.7 Å². The second kappa shape index (κ2) is 8.23. The van der Waals surface area contributed by atoms with Crippen molar-refractivity contribution in [3.05, 3.63) is 75.7 Å². The van der Waals surface area contributed by atoms with Crippen LogP contribution >= 0.6 is 11.3 Å². The van der Waals surface area contributed by atoms with Gasteiger partial charge in [-0.2, -0.15) is 4.31 Å². The third kappa shape index (κ3) is 3.74. The fraction of sp³-hybridized carbons (Fsp3) is 0.333. The molecule has 1 spiro atoms. The maximum absolute atomic E-state index is 13.6. The zero-order chi connectivity index (χ0) is 23.2. The molecule has 1 amide bonds. The van der Waals surface area contributed by atoms with Crippen LogP contribution in [0.4, 0.5) is 0 Å². The van der Waals surface area contributed by atoms with Crippen LogP contribution in [0.3, 0.4) is 0 Å². The molecule has 5 rings (SSSR count). The molecule has 0 aliphatic carbocycles. The molecule has 1 saturated heterocycles. The van der Waals surface area contributed by atoms with Gasteiger partial charge in [0.15, 0.2) is 6.61 Å². The normalized spacial score (nSPS) is 21.5. The largest absolute Gasteiger partial charge is 0.484 e. The van der Waals surface area contributed by atoms with Gasteiger partial charge in [0.2, 0.25) is 10.0 Å². The summed E-state index contributed by atoms with van der Waals surface area (Å²) in [5, 5.41) is 2.79. The molecule has 3 aromatic rings. The monoisotopic (exact) mass is 483 g/mol. The lowest BCUT2D eigenvalue weighted by Crippen LogP contribution is -2.46. The average Bonchev–Trinajstić information content (AvgIpc) is 3.47. The number of aromatic nitrogens is 1. The standard InChI is InChI=1S/C24H25N3O4S2/c1-17-7-3-5-9-21(17)31-14-23(28)26-12-11-24(16-26)20-8-4-6-10-22(20)33(29,30)27(24)13-19-15-32-18(2)25-19/h3-10,15H,11-14,16H2,1-2H3/t24-/m0/s1. The van der Waals surface area contributed by atoms with Gasteiger partial charge >= 0.3 is 0 Å². The summed E-state index contributed by atoms with van der Waals surface area (Å²) in [5.41, 5.74) is 1.64. The number of para-hydroxylation sites is 1. The molecule has 1 fully saturated rings. The van der Waals surface area contributed by atoms with Gasteiger partial charge in [-0.1, -0.05) is 36.4 Å².